The maximum Gasteiger partial charge on any atom is 0.128 e. The molecule has 3 nitrogen and oxygen atoms in total. The summed E-state index contributed by atoms with van der Waals surface area (Å²) < 4.78 is 10.8. The topological polar surface area (TPSA) is 37.5 Å². The molecule has 3 rings (SSSR count). The first kappa shape index (κ1) is 8.80. The predicted molar refractivity (Wildman–Crippen MR) is 58.3 cm³/mol. The minimum Gasteiger partial charge on any atom is -0.490 e. The van der Waals surface area contributed by atoms with E-state index in [1.165, 1.54) is 0 Å². The van der Waals surface area contributed by atoms with Crippen molar-refractivity contribution >= 4 is 10.9 Å². The van der Waals surface area contributed by atoms with Gasteiger partial charge in [-0.05, 0) is 25.1 Å². The molecule has 1 fully saturated rings. The summed E-state index contributed by atoms with van der Waals surface area (Å²) in [4.78, 5) is 3.29. The zero-order chi connectivity index (χ0) is 10.3. The van der Waals surface area contributed by atoms with E-state index in [1.54, 1.807) is 0 Å². The van der Waals surface area contributed by atoms with Gasteiger partial charge in [0.05, 0.1) is 6.61 Å². The van der Waals surface area contributed by atoms with E-state index in [-0.39, 0.29) is 0 Å². The van der Waals surface area contributed by atoms with Gasteiger partial charge < -0.3 is 14.5 Å². The molecular weight excluding hydrogens is 190 g/mol. The first-order valence-electron chi connectivity index (χ1n) is 5.16. The molecule has 1 aromatic heterocycles. The van der Waals surface area contributed by atoms with Gasteiger partial charge in [0.25, 0.3) is 0 Å². The van der Waals surface area contributed by atoms with Gasteiger partial charge in [-0.1, -0.05) is 6.07 Å². The maximum atomic E-state index is 5.71. The number of H-pyrrole nitrogens is 1. The summed E-state index contributed by atoms with van der Waals surface area (Å²) in [6.45, 7) is 3.54. The molecule has 0 saturated carbocycles. The van der Waals surface area contributed by atoms with Crippen LogP contribution in [0.25, 0.3) is 10.9 Å². The molecule has 1 aromatic carbocycles. The van der Waals surface area contributed by atoms with E-state index < -0.39 is 0 Å². The van der Waals surface area contributed by atoms with Crippen LogP contribution in [-0.2, 0) is 4.74 Å². The molecule has 2 heterocycles. The van der Waals surface area contributed by atoms with Gasteiger partial charge in [0.15, 0.2) is 0 Å². The monoisotopic (exact) mass is 203 g/mol. The minimum atomic E-state index is 0.306. The quantitative estimate of drug-likeness (QED) is 0.777. The van der Waals surface area contributed by atoms with Crippen LogP contribution >= 0.6 is 0 Å². The van der Waals surface area contributed by atoms with Gasteiger partial charge in [-0.2, -0.15) is 0 Å². The third-order valence-corrected chi connectivity index (χ3v) is 2.59. The smallest absolute Gasteiger partial charge is 0.128 e. The molecule has 0 radical (unpaired) electrons. The highest BCUT2D eigenvalue weighted by Gasteiger charge is 2.23. The summed E-state index contributed by atoms with van der Waals surface area (Å²) in [7, 11) is 0. The van der Waals surface area contributed by atoms with Crippen molar-refractivity contribution in [3.05, 3.63) is 30.0 Å². The number of aryl methyl sites for hydroxylation is 1. The number of hydrogen-bond donors (Lipinski definition) is 1. The van der Waals surface area contributed by atoms with E-state index in [0.717, 1.165) is 29.0 Å². The van der Waals surface area contributed by atoms with Crippen LogP contribution in [0.2, 0.25) is 0 Å². The molecule has 0 bridgehead atoms. The Labute approximate surface area is 88.0 Å². The summed E-state index contributed by atoms with van der Waals surface area (Å²) >= 11 is 0. The van der Waals surface area contributed by atoms with Crippen LogP contribution in [0.15, 0.2) is 24.3 Å². The van der Waals surface area contributed by atoms with E-state index >= 15 is 0 Å². The summed E-state index contributed by atoms with van der Waals surface area (Å²) in [5.74, 6) is 0.937. The lowest BCUT2D eigenvalue weighted by molar-refractivity contribution is 0.265. The maximum absolute atomic E-state index is 5.71. The fraction of sp³-hybridized carbons (Fsp3) is 0.333. The second kappa shape index (κ2) is 3.28. The van der Waals surface area contributed by atoms with Crippen molar-refractivity contribution in [2.75, 3.05) is 13.2 Å². The summed E-state index contributed by atoms with van der Waals surface area (Å²) in [5.41, 5.74) is 2.28. The molecule has 1 aliphatic heterocycles. The van der Waals surface area contributed by atoms with Crippen LogP contribution in [0.3, 0.4) is 0 Å². The van der Waals surface area contributed by atoms with Crippen LogP contribution in [0.5, 0.6) is 5.75 Å². The van der Waals surface area contributed by atoms with Crippen molar-refractivity contribution < 1.29 is 9.47 Å². The summed E-state index contributed by atoms with van der Waals surface area (Å²) in [6.07, 6.45) is 0.306. The molecule has 78 valence electrons. The van der Waals surface area contributed by atoms with Gasteiger partial charge >= 0.3 is 0 Å². The van der Waals surface area contributed by atoms with Crippen LogP contribution in [0.4, 0.5) is 0 Å². The Morgan fingerprint density at radius 2 is 2.40 bits per heavy atom. The fourth-order valence-corrected chi connectivity index (χ4v) is 1.74. The number of nitrogens with one attached hydrogen (secondary N) is 1. The SMILES string of the molecule is Cc1cc2c(OC[C@H]3CO3)cccc2[nH]1. The van der Waals surface area contributed by atoms with Crippen molar-refractivity contribution in [3.63, 3.8) is 0 Å². The number of rotatable bonds is 3. The molecule has 15 heavy (non-hydrogen) atoms. The molecule has 0 aliphatic carbocycles. The zero-order valence-electron chi connectivity index (χ0n) is 8.62. The Kier molecular flexibility index (Phi) is 1.92. The number of ether oxygens (including phenoxy) is 2. The lowest BCUT2D eigenvalue weighted by Gasteiger charge is -2.04. The fourth-order valence-electron chi connectivity index (χ4n) is 1.74. The van der Waals surface area contributed by atoms with Gasteiger partial charge in [-0.3, -0.25) is 0 Å². The predicted octanol–water partition coefficient (Wildman–Crippen LogP) is 2.25. The highest BCUT2D eigenvalue weighted by Crippen LogP contribution is 2.26. The van der Waals surface area contributed by atoms with Crippen LogP contribution in [0, 0.1) is 6.92 Å². The molecule has 2 aromatic rings. The van der Waals surface area contributed by atoms with Gasteiger partial charge in [-0.25, -0.2) is 0 Å². The summed E-state index contributed by atoms with van der Waals surface area (Å²) in [5, 5.41) is 1.15. The van der Waals surface area contributed by atoms with Crippen molar-refractivity contribution in [1.29, 1.82) is 0 Å². The normalized spacial score (nSPS) is 19.4. The molecule has 0 unspecified atom stereocenters. The highest BCUT2D eigenvalue weighted by molar-refractivity contribution is 5.86. The lowest BCUT2D eigenvalue weighted by Crippen LogP contribution is -2.03. The number of aromatic nitrogens is 1. The molecule has 1 N–H and O–H groups in total. The third kappa shape index (κ3) is 1.70. The Balaban J connectivity index is 1.93. The van der Waals surface area contributed by atoms with Crippen molar-refractivity contribution in [2.45, 2.75) is 13.0 Å². The van der Waals surface area contributed by atoms with E-state index in [0.29, 0.717) is 12.7 Å². The number of fused-ring (bicyclic) bond motifs is 1. The van der Waals surface area contributed by atoms with E-state index in [1.807, 2.05) is 19.1 Å². The average molecular weight is 203 g/mol. The Morgan fingerprint density at radius 1 is 1.53 bits per heavy atom. The van der Waals surface area contributed by atoms with Gasteiger partial charge in [-0.15, -0.1) is 0 Å². The van der Waals surface area contributed by atoms with Gasteiger partial charge in [0, 0.05) is 16.6 Å². The third-order valence-electron chi connectivity index (χ3n) is 2.59. The van der Waals surface area contributed by atoms with Crippen molar-refractivity contribution in [1.82, 2.24) is 4.98 Å². The van der Waals surface area contributed by atoms with Crippen LogP contribution in [-0.4, -0.2) is 24.3 Å². The van der Waals surface area contributed by atoms with E-state index in [2.05, 4.69) is 17.1 Å². The molecule has 0 spiro atoms. The first-order valence-corrected chi connectivity index (χ1v) is 5.16. The minimum absolute atomic E-state index is 0.306. The van der Waals surface area contributed by atoms with Crippen molar-refractivity contribution in [2.24, 2.45) is 0 Å². The van der Waals surface area contributed by atoms with E-state index in [4.69, 9.17) is 9.47 Å². The largest absolute Gasteiger partial charge is 0.490 e. The lowest BCUT2D eigenvalue weighted by atomic mass is 10.2. The Morgan fingerprint density at radius 3 is 3.20 bits per heavy atom. The number of epoxide rings is 1. The molecule has 3 heteroatoms. The van der Waals surface area contributed by atoms with Gasteiger partial charge in [0.2, 0.25) is 0 Å². The molecular formula is C12H13NO2. The van der Waals surface area contributed by atoms with E-state index in [9.17, 15) is 0 Å². The molecule has 1 saturated heterocycles. The number of benzene rings is 1. The number of hydrogen-bond acceptors (Lipinski definition) is 2. The Bertz CT molecular complexity index is 485. The van der Waals surface area contributed by atoms with Crippen LogP contribution < -0.4 is 4.74 Å². The standard InChI is InChI=1S/C12H13NO2/c1-8-5-10-11(13-8)3-2-4-12(10)15-7-9-6-14-9/h2-5,9,13H,6-7H2,1H3/t9-/m1/s1. The summed E-state index contributed by atoms with van der Waals surface area (Å²) in [6, 6.07) is 8.17. The zero-order valence-corrected chi connectivity index (χ0v) is 8.62. The second-order valence-electron chi connectivity index (χ2n) is 3.94. The van der Waals surface area contributed by atoms with Crippen molar-refractivity contribution in [3.8, 4) is 5.75 Å². The van der Waals surface area contributed by atoms with Gasteiger partial charge in [0.1, 0.15) is 18.5 Å². The number of aromatic amines is 1. The molecule has 1 atom stereocenters. The molecule has 0 amide bonds. The highest BCUT2D eigenvalue weighted by atomic mass is 16.6. The average Bonchev–Trinajstić information content (AvgIpc) is 2.96. The second-order valence-corrected chi connectivity index (χ2v) is 3.94. The van der Waals surface area contributed by atoms with Crippen LogP contribution in [0.1, 0.15) is 5.69 Å². The first-order chi connectivity index (χ1) is 7.33. The molecule has 1 aliphatic rings. The Hall–Kier alpha value is -1.48.